The Morgan fingerprint density at radius 2 is 0.554 bits per heavy atom. The number of guanidine groups is 7. The van der Waals surface area contributed by atoms with Crippen LogP contribution in [0.3, 0.4) is 0 Å². The van der Waals surface area contributed by atoms with Gasteiger partial charge in [-0.3, -0.25) is 95.4 Å². The summed E-state index contributed by atoms with van der Waals surface area (Å²) in [7, 11) is 0. The predicted molar refractivity (Wildman–Crippen MR) is 415 cm³/mol. The topological polar surface area (TPSA) is 883 Å². The van der Waals surface area contributed by atoms with Crippen LogP contribution in [0.25, 0.3) is 0 Å². The van der Waals surface area contributed by atoms with E-state index in [0.29, 0.717) is 12.0 Å². The maximum absolute atomic E-state index is 14.9. The van der Waals surface area contributed by atoms with Gasteiger partial charge in [-0.25, -0.2) is 0 Å². The quantitative estimate of drug-likeness (QED) is 0.0164. The number of hydrogen-bond donors (Lipinski definition) is 36. The number of amides is 12. The normalized spacial score (nSPS) is 13.4. The summed E-state index contributed by atoms with van der Waals surface area (Å²) in [5.41, 5.74) is 62.1. The number of carbonyl (C=O) groups excluding carboxylic acids is 12. The van der Waals surface area contributed by atoms with Crippen molar-refractivity contribution in [3.8, 4) is 5.75 Å². The molecule has 0 spiro atoms. The van der Waals surface area contributed by atoms with Crippen molar-refractivity contribution < 1.29 is 62.6 Å². The Morgan fingerprint density at radius 3 is 0.804 bits per heavy atom. The van der Waals surface area contributed by atoms with Crippen LogP contribution in [0.4, 0.5) is 0 Å². The summed E-state index contributed by atoms with van der Waals surface area (Å²) in [4.78, 5) is 168. The highest BCUT2D eigenvalue weighted by Crippen LogP contribution is 2.14. The van der Waals surface area contributed by atoms with Crippen molar-refractivity contribution in [3.63, 3.8) is 0 Å². The summed E-state index contributed by atoms with van der Waals surface area (Å²) in [6, 6.07) is -8.97. The Labute approximate surface area is 647 Å². The lowest BCUT2D eigenvalue weighted by Crippen LogP contribution is -2.60. The Morgan fingerprint density at radius 1 is 0.312 bits per heavy atom. The van der Waals surface area contributed by atoms with Crippen LogP contribution < -0.4 is 153 Å². The molecular formula is C64H119N35O13. The van der Waals surface area contributed by atoms with Crippen LogP contribution in [0.2, 0.25) is 0 Å². The average Bonchev–Trinajstić information content (AvgIpc) is 0.886. The molecule has 0 aliphatic rings. The number of benzene rings is 1. The van der Waals surface area contributed by atoms with Crippen LogP contribution in [0, 0.1) is 37.9 Å². The van der Waals surface area contributed by atoms with Crippen LogP contribution in [-0.4, -0.2) is 237 Å². The van der Waals surface area contributed by atoms with E-state index in [1.54, 1.807) is 12.1 Å². The van der Waals surface area contributed by atoms with E-state index in [2.05, 4.69) is 90.4 Å². The molecule has 0 aromatic heterocycles. The van der Waals surface area contributed by atoms with Gasteiger partial charge in [-0.2, -0.15) is 0 Å². The molecule has 0 unspecified atom stereocenters. The second kappa shape index (κ2) is 55.0. The molecule has 0 fully saturated rings. The standard InChI is InChI=1S/C64H119N35O13/c65-24-2-1-10-39(93-50(105)38(12-4-26-84-59(71)72)91-47(102)33-90-49(104)36(66)32-34-18-20-35(100)21-19-34)52(107)95-41(14-6-28-86-61(75)76)53(108)96-42(15-7-29-87-62(77)78)54(109)97-44(17-9-31-89-64(81)82)56(111)99-45(22-23-46(67)101)57(112)98-43(16-8-30-88-63(79)80)55(110)94-40(13-5-27-85-60(73)74)51(106)92-37(48(68)103)11-3-25-83-58(69)70/h18-21,36-45,100H,1-17,22-33,65-66H2,(H2,67,101)(H2,68,103)(H,90,104)(H,91,102)(H,92,106)(H,93,105)(H,94,110)(H,95,107)(H,96,108)(H,97,109)(H,98,112)(H,99,111)(H4,69,70,83)(H4,71,72,84)(H4,73,74,85)(H4,75,76,86)(H4,77,78,87)(H4,79,80,88)(H4,81,82,89)/t36-,37-,38-,39-,40-,41-,42-,43-,44-,45-/m0/s1. The molecule has 1 aromatic rings. The molecule has 1 rings (SSSR count). The third kappa shape index (κ3) is 45.3. The molecule has 0 saturated carbocycles. The smallest absolute Gasteiger partial charge is 0.243 e. The van der Waals surface area contributed by atoms with Crippen molar-refractivity contribution in [2.24, 2.45) is 63.1 Å². The van der Waals surface area contributed by atoms with Gasteiger partial charge in [0.05, 0.1) is 12.6 Å². The summed E-state index contributed by atoms with van der Waals surface area (Å²) in [5, 5.41) is 107. The summed E-state index contributed by atoms with van der Waals surface area (Å²) < 4.78 is 0. The number of aromatic hydroxyl groups is 1. The summed E-state index contributed by atoms with van der Waals surface area (Å²) in [6.07, 6.45) is -1.52. The minimum Gasteiger partial charge on any atom is -0.508 e. The minimum atomic E-state index is -1.75. The van der Waals surface area contributed by atoms with Crippen molar-refractivity contribution in [3.05, 3.63) is 29.8 Å². The largest absolute Gasteiger partial charge is 0.508 e. The van der Waals surface area contributed by atoms with Gasteiger partial charge in [0.25, 0.3) is 0 Å². The first-order chi connectivity index (χ1) is 52.9. The Hall–Kier alpha value is -12.5. The number of carbonyl (C=O) groups is 12. The lowest BCUT2D eigenvalue weighted by Gasteiger charge is -2.28. The van der Waals surface area contributed by atoms with Crippen LogP contribution in [0.5, 0.6) is 5.75 Å². The van der Waals surface area contributed by atoms with Crippen molar-refractivity contribution in [1.29, 1.82) is 37.9 Å². The van der Waals surface area contributed by atoms with Gasteiger partial charge in [0.15, 0.2) is 41.7 Å². The molecule has 0 heterocycles. The van der Waals surface area contributed by atoms with Gasteiger partial charge in [-0.1, -0.05) is 12.1 Å². The van der Waals surface area contributed by atoms with Crippen LogP contribution in [0.15, 0.2) is 24.3 Å². The van der Waals surface area contributed by atoms with E-state index in [4.69, 9.17) is 101 Å². The van der Waals surface area contributed by atoms with Crippen molar-refractivity contribution in [2.75, 3.05) is 58.9 Å². The average molecular weight is 1590 g/mol. The fourth-order valence-corrected chi connectivity index (χ4v) is 10.6. The first-order valence-corrected chi connectivity index (χ1v) is 36.3. The van der Waals surface area contributed by atoms with Gasteiger partial charge in [0.1, 0.15) is 60.1 Å². The molecule has 112 heavy (non-hydrogen) atoms. The Bertz CT molecular complexity index is 3310. The number of hydrogen-bond acceptors (Lipinski definition) is 22. The highest BCUT2D eigenvalue weighted by atomic mass is 16.3. The monoisotopic (exact) mass is 1590 g/mol. The van der Waals surface area contributed by atoms with Crippen LogP contribution in [0.1, 0.15) is 128 Å². The molecule has 12 amide bonds. The molecule has 0 aliphatic heterocycles. The highest BCUT2D eigenvalue weighted by molar-refractivity contribution is 5.99. The maximum Gasteiger partial charge on any atom is 0.243 e. The summed E-state index contributed by atoms with van der Waals surface area (Å²) in [6.45, 7) is -0.439. The van der Waals surface area contributed by atoms with Gasteiger partial charge in [0.2, 0.25) is 70.9 Å². The second-order valence-electron chi connectivity index (χ2n) is 25.9. The van der Waals surface area contributed by atoms with Crippen molar-refractivity contribution in [2.45, 2.75) is 189 Å². The van der Waals surface area contributed by atoms with Crippen molar-refractivity contribution in [1.82, 2.24) is 90.4 Å². The zero-order chi connectivity index (χ0) is 84.3. The van der Waals surface area contributed by atoms with Gasteiger partial charge >= 0.3 is 0 Å². The first-order valence-electron chi connectivity index (χ1n) is 36.3. The number of nitrogens with two attached hydrogens (primary N) is 11. The van der Waals surface area contributed by atoms with E-state index in [1.165, 1.54) is 12.1 Å². The second-order valence-corrected chi connectivity index (χ2v) is 25.9. The molecule has 48 nitrogen and oxygen atoms in total. The van der Waals surface area contributed by atoms with E-state index < -0.39 is 180 Å². The Balaban J connectivity index is 3.93. The molecule has 0 aliphatic carbocycles. The minimum absolute atomic E-state index is 0.00586. The number of phenols is 1. The number of primary amides is 2. The summed E-state index contributed by atoms with van der Waals surface area (Å²) in [5.74, 6) is -14.4. The van der Waals surface area contributed by atoms with E-state index in [9.17, 15) is 62.6 Å². The number of phenolic OH excluding ortho intramolecular Hbond substituents is 1. The lowest BCUT2D eigenvalue weighted by molar-refractivity contribution is -0.136. The van der Waals surface area contributed by atoms with Crippen LogP contribution >= 0.6 is 0 Å². The first kappa shape index (κ1) is 97.5. The third-order valence-electron chi connectivity index (χ3n) is 16.4. The molecule has 628 valence electrons. The molecule has 1 aromatic carbocycles. The zero-order valence-electron chi connectivity index (χ0n) is 62.8. The fourth-order valence-electron chi connectivity index (χ4n) is 10.6. The SMILES string of the molecule is N=C(N)NCCC[C@H](NC(=O)[C@H](CCCNC(=N)N)NC(=O)[C@H](CCCNC(=N)N)NC(=O)[C@H](CCC(N)=O)NC(=O)[C@H](CCCNC(=N)N)NC(=O)[C@H](CCCNC(=N)N)NC(=O)[C@H](CCCNC(=N)N)NC(=O)[C@H](CCCCN)NC(=O)[C@H](CCCNC(=N)N)NC(=O)CNC(=O)[C@@H](N)Cc1ccc(O)cc1)C(N)=O. The molecule has 48 heteroatoms. The number of rotatable bonds is 58. The third-order valence-corrected chi connectivity index (χ3v) is 16.4. The van der Waals surface area contributed by atoms with Gasteiger partial charge in [-0.15, -0.1) is 0 Å². The molecule has 0 bridgehead atoms. The zero-order valence-corrected chi connectivity index (χ0v) is 62.8. The predicted octanol–water partition coefficient (Wildman–Crippen LogP) is -11.5. The van der Waals surface area contributed by atoms with Gasteiger partial charge in [0, 0.05) is 52.2 Å². The lowest BCUT2D eigenvalue weighted by atomic mass is 10.0. The van der Waals surface area contributed by atoms with Crippen LogP contribution in [-0.2, 0) is 64.0 Å². The maximum atomic E-state index is 14.9. The van der Waals surface area contributed by atoms with E-state index in [0.717, 1.165) is 0 Å². The van der Waals surface area contributed by atoms with Gasteiger partial charge in [-0.05, 0) is 146 Å². The number of unbranched alkanes of at least 4 members (excludes halogenated alkanes) is 1. The fraction of sp³-hybridized carbons (Fsp3) is 0.609. The van der Waals surface area contributed by atoms with Gasteiger partial charge < -0.3 is 159 Å². The molecule has 10 atom stereocenters. The van der Waals surface area contributed by atoms with E-state index in [1.807, 2.05) is 0 Å². The Kier molecular flexibility index (Phi) is 47.8. The molecule has 0 saturated heterocycles. The number of nitrogens with one attached hydrogen (secondary N) is 24. The van der Waals surface area contributed by atoms with E-state index in [-0.39, 0.29) is 179 Å². The molecule has 0 radical (unpaired) electrons. The molecule has 47 N–H and O–H groups in total. The highest BCUT2D eigenvalue weighted by Gasteiger charge is 2.36. The van der Waals surface area contributed by atoms with Crippen molar-refractivity contribution >= 4 is 113 Å². The molecular weight excluding hydrogens is 1470 g/mol. The summed E-state index contributed by atoms with van der Waals surface area (Å²) >= 11 is 0. The van der Waals surface area contributed by atoms with E-state index >= 15 is 0 Å².